The van der Waals surface area contributed by atoms with Gasteiger partial charge in [-0.3, -0.25) is 5.41 Å². The molecule has 2 aliphatic rings. The van der Waals surface area contributed by atoms with Crippen LogP contribution in [0.4, 0.5) is 11.4 Å². The molecule has 142 valence electrons. The highest BCUT2D eigenvalue weighted by atomic mass is 16.3. The molecule has 0 saturated carbocycles. The van der Waals surface area contributed by atoms with E-state index in [2.05, 4.69) is 27.0 Å². The molecular formula is C22H23N5O. The van der Waals surface area contributed by atoms with Crippen LogP contribution in [0.5, 0.6) is 0 Å². The van der Waals surface area contributed by atoms with Gasteiger partial charge in [0.25, 0.3) is 0 Å². The Morgan fingerprint density at radius 1 is 0.929 bits per heavy atom. The molecule has 28 heavy (non-hydrogen) atoms. The van der Waals surface area contributed by atoms with Gasteiger partial charge in [0.15, 0.2) is 0 Å². The lowest BCUT2D eigenvalue weighted by Gasteiger charge is -2.29. The van der Waals surface area contributed by atoms with Gasteiger partial charge in [0.2, 0.25) is 0 Å². The van der Waals surface area contributed by atoms with Gasteiger partial charge < -0.3 is 19.9 Å². The van der Waals surface area contributed by atoms with E-state index in [0.29, 0.717) is 11.4 Å². The molecule has 1 fully saturated rings. The minimum absolute atomic E-state index is 0.171. The lowest BCUT2D eigenvalue weighted by atomic mass is 10.1. The number of amidine groups is 1. The molecule has 0 bridgehead atoms. The summed E-state index contributed by atoms with van der Waals surface area (Å²) in [5.74, 6) is 0.975. The van der Waals surface area contributed by atoms with Crippen molar-refractivity contribution >= 4 is 33.8 Å². The van der Waals surface area contributed by atoms with Crippen molar-refractivity contribution in [1.29, 1.82) is 5.41 Å². The van der Waals surface area contributed by atoms with Gasteiger partial charge in [-0.1, -0.05) is 12.1 Å². The van der Waals surface area contributed by atoms with Crippen molar-refractivity contribution in [1.82, 2.24) is 9.97 Å². The maximum atomic E-state index is 10.6. The number of rotatable bonds is 3. The van der Waals surface area contributed by atoms with Crippen LogP contribution in [0.3, 0.4) is 0 Å². The molecule has 0 radical (unpaired) electrons. The molecule has 0 amide bonds. The van der Waals surface area contributed by atoms with E-state index in [1.54, 1.807) is 0 Å². The van der Waals surface area contributed by atoms with Gasteiger partial charge in [-0.15, -0.1) is 0 Å². The number of fused-ring (bicyclic) bond motifs is 1. The summed E-state index contributed by atoms with van der Waals surface area (Å²) in [6.07, 6.45) is 3.81. The molecule has 0 aliphatic carbocycles. The largest absolute Gasteiger partial charge is 0.509 e. The van der Waals surface area contributed by atoms with Crippen LogP contribution in [0.15, 0.2) is 54.3 Å². The highest BCUT2D eigenvalue weighted by Gasteiger charge is 2.31. The van der Waals surface area contributed by atoms with Crippen LogP contribution in [-0.4, -0.2) is 40.5 Å². The van der Waals surface area contributed by atoms with E-state index >= 15 is 0 Å². The Bertz CT molecular complexity index is 1030. The van der Waals surface area contributed by atoms with Gasteiger partial charge in [-0.2, -0.15) is 0 Å². The summed E-state index contributed by atoms with van der Waals surface area (Å²) < 4.78 is 0. The molecule has 6 nitrogen and oxygen atoms in total. The van der Waals surface area contributed by atoms with E-state index in [4.69, 9.17) is 5.41 Å². The molecule has 3 aromatic rings. The standard InChI is InChI=1S/C22H23N5O/c23-21-20(22-24-17-6-2-3-7-18(17)25-22)19(28)14-27(21)16-10-8-15(9-11-16)26-12-4-1-5-13-26/h2-3,6-11,23,28H,1,4-5,12-14H2,(H,24,25). The first-order valence-electron chi connectivity index (χ1n) is 9.79. The summed E-state index contributed by atoms with van der Waals surface area (Å²) in [7, 11) is 0. The Morgan fingerprint density at radius 2 is 1.64 bits per heavy atom. The number of nitrogens with one attached hydrogen (secondary N) is 2. The van der Waals surface area contributed by atoms with E-state index in [0.717, 1.165) is 29.8 Å². The third kappa shape index (κ3) is 2.81. The molecule has 0 spiro atoms. The lowest BCUT2D eigenvalue weighted by Crippen LogP contribution is -2.29. The number of nitrogens with zero attached hydrogens (tertiary/aromatic N) is 3. The van der Waals surface area contributed by atoms with Crippen molar-refractivity contribution in [3.05, 3.63) is 60.1 Å². The maximum Gasteiger partial charge on any atom is 0.145 e. The minimum Gasteiger partial charge on any atom is -0.509 e. The first kappa shape index (κ1) is 16.9. The molecular weight excluding hydrogens is 350 g/mol. The number of aromatic amines is 1. The molecule has 1 saturated heterocycles. The van der Waals surface area contributed by atoms with E-state index in [1.165, 1.54) is 24.9 Å². The predicted octanol–water partition coefficient (Wildman–Crippen LogP) is 4.32. The van der Waals surface area contributed by atoms with Crippen LogP contribution in [0.25, 0.3) is 16.6 Å². The fourth-order valence-electron chi connectivity index (χ4n) is 4.12. The summed E-state index contributed by atoms with van der Waals surface area (Å²) in [6.45, 7) is 2.50. The number of aliphatic hydroxyl groups is 1. The lowest BCUT2D eigenvalue weighted by molar-refractivity contribution is 0.411. The Morgan fingerprint density at radius 3 is 2.39 bits per heavy atom. The monoisotopic (exact) mass is 373 g/mol. The molecule has 2 aromatic carbocycles. The Balaban J connectivity index is 1.40. The molecule has 3 N–H and O–H groups in total. The topological polar surface area (TPSA) is 79.2 Å². The molecule has 6 heteroatoms. The number of aliphatic hydroxyl groups excluding tert-OH is 1. The van der Waals surface area contributed by atoms with Crippen LogP contribution in [-0.2, 0) is 0 Å². The normalized spacial score (nSPS) is 17.8. The molecule has 0 atom stereocenters. The number of aromatic nitrogens is 2. The zero-order valence-corrected chi connectivity index (χ0v) is 15.7. The van der Waals surface area contributed by atoms with E-state index < -0.39 is 0 Å². The van der Waals surface area contributed by atoms with Crippen molar-refractivity contribution in [2.45, 2.75) is 19.3 Å². The summed E-state index contributed by atoms with van der Waals surface area (Å²) in [4.78, 5) is 12.0. The Hall–Kier alpha value is -3.28. The first-order valence-corrected chi connectivity index (χ1v) is 9.79. The SMILES string of the molecule is N=C1C(c2nc3ccccc3[nH]2)=C(O)CN1c1ccc(N2CCCCC2)cc1. The van der Waals surface area contributed by atoms with Gasteiger partial charge in [0.1, 0.15) is 17.4 Å². The van der Waals surface area contributed by atoms with Gasteiger partial charge >= 0.3 is 0 Å². The predicted molar refractivity (Wildman–Crippen MR) is 113 cm³/mol. The maximum absolute atomic E-state index is 10.6. The number of hydrogen-bond donors (Lipinski definition) is 3. The average Bonchev–Trinajstić information content (AvgIpc) is 3.28. The molecule has 3 heterocycles. The molecule has 5 rings (SSSR count). The third-order valence-corrected chi connectivity index (χ3v) is 5.61. The molecule has 2 aliphatic heterocycles. The number of piperidine rings is 1. The van der Waals surface area contributed by atoms with Crippen LogP contribution in [0.2, 0.25) is 0 Å². The number of anilines is 2. The molecule has 0 unspecified atom stereocenters. The number of imidazole rings is 1. The van der Waals surface area contributed by atoms with E-state index in [1.807, 2.05) is 41.3 Å². The Labute approximate surface area is 163 Å². The van der Waals surface area contributed by atoms with Gasteiger partial charge in [-0.05, 0) is 55.7 Å². The second kappa shape index (κ2) is 6.71. The molecule has 1 aromatic heterocycles. The zero-order valence-electron chi connectivity index (χ0n) is 15.7. The quantitative estimate of drug-likeness (QED) is 0.639. The summed E-state index contributed by atoms with van der Waals surface area (Å²) in [6, 6.07) is 16.0. The summed E-state index contributed by atoms with van der Waals surface area (Å²) in [5, 5.41) is 19.2. The zero-order chi connectivity index (χ0) is 19.1. The van der Waals surface area contributed by atoms with Crippen LogP contribution >= 0.6 is 0 Å². The number of H-pyrrole nitrogens is 1. The smallest absolute Gasteiger partial charge is 0.145 e. The van der Waals surface area contributed by atoms with Crippen LogP contribution < -0.4 is 9.80 Å². The van der Waals surface area contributed by atoms with Crippen LogP contribution in [0.1, 0.15) is 25.1 Å². The van der Waals surface area contributed by atoms with Crippen molar-refractivity contribution in [2.75, 3.05) is 29.4 Å². The minimum atomic E-state index is 0.171. The summed E-state index contributed by atoms with van der Waals surface area (Å²) >= 11 is 0. The van der Waals surface area contributed by atoms with Gasteiger partial charge in [0, 0.05) is 24.5 Å². The highest BCUT2D eigenvalue weighted by Crippen LogP contribution is 2.32. The Kier molecular flexibility index (Phi) is 4.04. The fourth-order valence-corrected chi connectivity index (χ4v) is 4.12. The van der Waals surface area contributed by atoms with Crippen molar-refractivity contribution in [2.24, 2.45) is 0 Å². The summed E-state index contributed by atoms with van der Waals surface area (Å²) in [5.41, 5.74) is 4.33. The number of hydrogen-bond acceptors (Lipinski definition) is 4. The van der Waals surface area contributed by atoms with E-state index in [-0.39, 0.29) is 18.1 Å². The highest BCUT2D eigenvalue weighted by molar-refractivity contribution is 6.30. The number of para-hydroxylation sites is 2. The van der Waals surface area contributed by atoms with Gasteiger partial charge in [0.05, 0.1) is 23.2 Å². The second-order valence-electron chi connectivity index (χ2n) is 7.42. The van der Waals surface area contributed by atoms with Gasteiger partial charge in [-0.25, -0.2) is 4.98 Å². The fraction of sp³-hybridized carbons (Fsp3) is 0.273. The second-order valence-corrected chi connectivity index (χ2v) is 7.42. The van der Waals surface area contributed by atoms with Crippen molar-refractivity contribution in [3.63, 3.8) is 0 Å². The number of benzene rings is 2. The van der Waals surface area contributed by atoms with Crippen molar-refractivity contribution in [3.8, 4) is 0 Å². The average molecular weight is 373 g/mol. The van der Waals surface area contributed by atoms with E-state index in [9.17, 15) is 5.11 Å². The van der Waals surface area contributed by atoms with Crippen LogP contribution in [0, 0.1) is 5.41 Å². The third-order valence-electron chi connectivity index (χ3n) is 5.61. The van der Waals surface area contributed by atoms with Crippen molar-refractivity contribution < 1.29 is 5.11 Å². The first-order chi connectivity index (χ1) is 13.7.